The predicted molar refractivity (Wildman–Crippen MR) is 130 cm³/mol. The summed E-state index contributed by atoms with van der Waals surface area (Å²) in [5, 5.41) is 3.14. The van der Waals surface area contributed by atoms with Gasteiger partial charge in [-0.25, -0.2) is 0 Å². The van der Waals surface area contributed by atoms with E-state index in [-0.39, 0.29) is 5.91 Å². The van der Waals surface area contributed by atoms with E-state index >= 15 is 0 Å². The summed E-state index contributed by atoms with van der Waals surface area (Å²) in [5.74, 6) is 2.47. The molecule has 1 N–H and O–H groups in total. The number of hydrogen-bond acceptors (Lipinski definition) is 4. The third-order valence-corrected chi connectivity index (χ3v) is 9.16. The highest BCUT2D eigenvalue weighted by atomic mass is 32.2. The first-order valence-electron chi connectivity index (χ1n) is 11.1. The molecule has 2 aromatic rings. The molecule has 2 aliphatic heterocycles. The van der Waals surface area contributed by atoms with Crippen LogP contribution in [0.2, 0.25) is 0 Å². The molecule has 0 spiro atoms. The molecule has 0 aliphatic carbocycles. The van der Waals surface area contributed by atoms with Crippen LogP contribution in [-0.2, 0) is 13.1 Å². The first kappa shape index (κ1) is 21.8. The van der Waals surface area contributed by atoms with Crippen molar-refractivity contribution in [2.75, 3.05) is 18.1 Å². The summed E-state index contributed by atoms with van der Waals surface area (Å²) >= 11 is 4.02. The molecule has 2 aliphatic rings. The zero-order chi connectivity index (χ0) is 20.8. The normalized spacial score (nSPS) is 20.8. The number of carbonyl (C=O) groups is 1. The van der Waals surface area contributed by atoms with E-state index in [2.05, 4.69) is 53.5 Å². The van der Waals surface area contributed by atoms with Crippen molar-refractivity contribution in [3.8, 4) is 0 Å². The number of carbonyl (C=O) groups excluding carboxylic acids is 1. The number of hydrogen-bond donors (Lipinski definition) is 1. The van der Waals surface area contributed by atoms with Gasteiger partial charge in [-0.1, -0.05) is 42.8 Å². The Hall–Kier alpha value is -1.43. The summed E-state index contributed by atoms with van der Waals surface area (Å²) in [6.45, 7) is 5.05. The third-order valence-electron chi connectivity index (χ3n) is 6.14. The molecule has 1 amide bonds. The van der Waals surface area contributed by atoms with E-state index in [9.17, 15) is 4.79 Å². The van der Waals surface area contributed by atoms with Crippen LogP contribution in [0.4, 0.5) is 0 Å². The Balaban J connectivity index is 1.35. The van der Waals surface area contributed by atoms with E-state index < -0.39 is 0 Å². The number of nitrogens with zero attached hydrogens (tertiary/aromatic N) is 1. The molecule has 1 unspecified atom stereocenters. The first-order chi connectivity index (χ1) is 14.7. The molecule has 2 heterocycles. The maximum Gasteiger partial charge on any atom is 0.251 e. The van der Waals surface area contributed by atoms with Crippen molar-refractivity contribution in [2.24, 2.45) is 0 Å². The molecule has 160 valence electrons. The average molecular weight is 441 g/mol. The summed E-state index contributed by atoms with van der Waals surface area (Å²) in [6, 6.07) is 17.4. The van der Waals surface area contributed by atoms with E-state index in [1.165, 1.54) is 60.4 Å². The average Bonchev–Trinajstić information content (AvgIpc) is 2.80. The van der Waals surface area contributed by atoms with Crippen LogP contribution in [0.3, 0.4) is 0 Å². The lowest BCUT2D eigenvalue weighted by molar-refractivity contribution is 0.0950. The van der Waals surface area contributed by atoms with Gasteiger partial charge in [-0.15, -0.1) is 23.5 Å². The SMILES string of the molecule is CC1CCCCN1Cc1ccccc1CNC(=O)c1ccc(C2SCCCS2)cc1. The standard InChI is InChI=1S/C25H32N2OS2/c1-19-7-4-5-14-27(19)18-23-9-3-2-8-22(23)17-26-24(28)20-10-12-21(13-11-20)25-29-15-6-16-30-25/h2-3,8-13,19,25H,4-7,14-18H2,1H3,(H,26,28). The highest BCUT2D eigenvalue weighted by Gasteiger charge is 2.20. The van der Waals surface area contributed by atoms with Gasteiger partial charge in [0, 0.05) is 24.7 Å². The molecule has 3 nitrogen and oxygen atoms in total. The number of rotatable bonds is 6. The van der Waals surface area contributed by atoms with Crippen molar-refractivity contribution in [3.05, 3.63) is 70.8 Å². The van der Waals surface area contributed by atoms with Gasteiger partial charge in [0.15, 0.2) is 0 Å². The summed E-state index contributed by atoms with van der Waals surface area (Å²) in [6.07, 6.45) is 5.21. The minimum absolute atomic E-state index is 0.00615. The van der Waals surface area contributed by atoms with Gasteiger partial charge in [-0.05, 0) is 73.1 Å². The van der Waals surface area contributed by atoms with E-state index in [0.717, 1.165) is 12.1 Å². The van der Waals surface area contributed by atoms with Gasteiger partial charge < -0.3 is 5.32 Å². The van der Waals surface area contributed by atoms with Crippen LogP contribution in [0.1, 0.15) is 64.2 Å². The topological polar surface area (TPSA) is 32.3 Å². The molecule has 4 rings (SSSR count). The smallest absolute Gasteiger partial charge is 0.251 e. The highest BCUT2D eigenvalue weighted by molar-refractivity contribution is 8.16. The lowest BCUT2D eigenvalue weighted by Crippen LogP contribution is -2.37. The maximum atomic E-state index is 12.7. The lowest BCUT2D eigenvalue weighted by atomic mass is 10.0. The fourth-order valence-corrected chi connectivity index (χ4v) is 7.14. The minimum atomic E-state index is 0.00615. The van der Waals surface area contributed by atoms with Crippen molar-refractivity contribution in [3.63, 3.8) is 0 Å². The maximum absolute atomic E-state index is 12.7. The van der Waals surface area contributed by atoms with Gasteiger partial charge in [0.1, 0.15) is 0 Å². The highest BCUT2D eigenvalue weighted by Crippen LogP contribution is 2.43. The monoisotopic (exact) mass is 440 g/mol. The Morgan fingerprint density at radius 1 is 1.00 bits per heavy atom. The molecule has 1 atom stereocenters. The molecule has 2 aromatic carbocycles. The van der Waals surface area contributed by atoms with Crippen molar-refractivity contribution < 1.29 is 4.79 Å². The Morgan fingerprint density at radius 3 is 2.47 bits per heavy atom. The quantitative estimate of drug-likeness (QED) is 0.610. The number of likely N-dealkylation sites (tertiary alicyclic amines) is 1. The number of amides is 1. The molecule has 2 saturated heterocycles. The molecule has 0 aromatic heterocycles. The van der Waals surface area contributed by atoms with Gasteiger partial charge in [0.05, 0.1) is 4.58 Å². The molecule has 0 saturated carbocycles. The summed E-state index contributed by atoms with van der Waals surface area (Å²) < 4.78 is 0.514. The molecule has 5 heteroatoms. The van der Waals surface area contributed by atoms with Crippen molar-refractivity contribution >= 4 is 29.4 Å². The van der Waals surface area contributed by atoms with Crippen molar-refractivity contribution in [2.45, 2.75) is 56.3 Å². The summed E-state index contributed by atoms with van der Waals surface area (Å²) in [5.41, 5.74) is 4.61. The minimum Gasteiger partial charge on any atom is -0.348 e. The molecule has 0 bridgehead atoms. The number of nitrogens with one attached hydrogen (secondary N) is 1. The summed E-state index contributed by atoms with van der Waals surface area (Å²) in [7, 11) is 0. The van der Waals surface area contributed by atoms with Crippen LogP contribution in [-0.4, -0.2) is 34.9 Å². The molecular weight excluding hydrogens is 408 g/mol. The third kappa shape index (κ3) is 5.63. The lowest BCUT2D eigenvalue weighted by Gasteiger charge is -2.33. The fraction of sp³-hybridized carbons (Fsp3) is 0.480. The molecule has 2 fully saturated rings. The van der Waals surface area contributed by atoms with Gasteiger partial charge in [0.2, 0.25) is 0 Å². The van der Waals surface area contributed by atoms with Gasteiger partial charge in [-0.3, -0.25) is 9.69 Å². The van der Waals surface area contributed by atoms with Crippen LogP contribution >= 0.6 is 23.5 Å². The zero-order valence-electron chi connectivity index (χ0n) is 17.8. The van der Waals surface area contributed by atoms with Crippen molar-refractivity contribution in [1.82, 2.24) is 10.2 Å². The summed E-state index contributed by atoms with van der Waals surface area (Å²) in [4.78, 5) is 15.3. The van der Waals surface area contributed by atoms with E-state index in [0.29, 0.717) is 17.2 Å². The predicted octanol–water partition coefficient (Wildman–Crippen LogP) is 5.86. The van der Waals surface area contributed by atoms with Crippen LogP contribution in [0.25, 0.3) is 0 Å². The van der Waals surface area contributed by atoms with E-state index in [1.807, 2.05) is 35.7 Å². The largest absolute Gasteiger partial charge is 0.348 e. The zero-order valence-corrected chi connectivity index (χ0v) is 19.4. The van der Waals surface area contributed by atoms with E-state index in [4.69, 9.17) is 0 Å². The Labute approximate surface area is 189 Å². The van der Waals surface area contributed by atoms with Gasteiger partial charge in [-0.2, -0.15) is 0 Å². The molecule has 0 radical (unpaired) electrons. The number of benzene rings is 2. The molecular formula is C25H32N2OS2. The van der Waals surface area contributed by atoms with Crippen LogP contribution in [0.5, 0.6) is 0 Å². The number of piperidine rings is 1. The first-order valence-corrected chi connectivity index (χ1v) is 13.2. The second kappa shape index (κ2) is 10.7. The van der Waals surface area contributed by atoms with Crippen LogP contribution in [0, 0.1) is 0 Å². The second-order valence-electron chi connectivity index (χ2n) is 8.32. The van der Waals surface area contributed by atoms with E-state index in [1.54, 1.807) is 0 Å². The second-order valence-corrected chi connectivity index (χ2v) is 11.0. The Morgan fingerprint density at radius 2 is 1.73 bits per heavy atom. The Bertz CT molecular complexity index is 833. The van der Waals surface area contributed by atoms with Gasteiger partial charge >= 0.3 is 0 Å². The number of thioether (sulfide) groups is 2. The Kier molecular flexibility index (Phi) is 7.80. The van der Waals surface area contributed by atoms with Crippen LogP contribution < -0.4 is 5.32 Å². The molecule has 30 heavy (non-hydrogen) atoms. The van der Waals surface area contributed by atoms with Crippen LogP contribution in [0.15, 0.2) is 48.5 Å². The van der Waals surface area contributed by atoms with Gasteiger partial charge in [0.25, 0.3) is 5.91 Å². The van der Waals surface area contributed by atoms with Crippen molar-refractivity contribution in [1.29, 1.82) is 0 Å². The fourth-order valence-electron chi connectivity index (χ4n) is 4.24.